The highest BCUT2D eigenvalue weighted by Gasteiger charge is 2.37. The second kappa shape index (κ2) is 11.0. The summed E-state index contributed by atoms with van der Waals surface area (Å²) in [6.07, 6.45) is -3.73. The molecule has 0 fully saturated rings. The summed E-state index contributed by atoms with van der Waals surface area (Å²) in [5.74, 6) is -5.71. The van der Waals surface area contributed by atoms with Crippen molar-refractivity contribution in [2.45, 2.75) is 38.8 Å². The van der Waals surface area contributed by atoms with E-state index < -0.39 is 40.8 Å². The van der Waals surface area contributed by atoms with Crippen LogP contribution in [0.2, 0.25) is 0 Å². The van der Waals surface area contributed by atoms with Crippen molar-refractivity contribution < 1.29 is 39.9 Å². The molecule has 0 atom stereocenters. The summed E-state index contributed by atoms with van der Waals surface area (Å²) >= 11 is 0. The molecule has 0 aromatic heterocycles. The third-order valence-corrected chi connectivity index (χ3v) is 6.17. The average molecular weight is 538 g/mol. The molecule has 0 amide bonds. The van der Waals surface area contributed by atoms with Crippen LogP contribution in [0.1, 0.15) is 36.5 Å². The predicted octanol–water partition coefficient (Wildman–Crippen LogP) is 9.19. The number of fused-ring (bicyclic) bond motifs is 1. The number of rotatable bonds is 8. The van der Waals surface area contributed by atoms with E-state index in [1.165, 1.54) is 30.3 Å². The molecule has 200 valence electrons. The molecular weight excluding hydrogens is 516 g/mol. The fourth-order valence-corrected chi connectivity index (χ4v) is 4.25. The maximum atomic E-state index is 15.2. The average Bonchev–Trinajstić information content (AvgIpc) is 2.82. The monoisotopic (exact) mass is 538 g/mol. The SMILES string of the molecule is CCCCOc1cc(F)c(-c2ccc3c(F)c(CCc4cc(F)c(C(F)(F)F)c(F)c4)ccc3c2)c(F)c1. The predicted molar refractivity (Wildman–Crippen MR) is 128 cm³/mol. The Hall–Kier alpha value is -3.62. The zero-order valence-electron chi connectivity index (χ0n) is 20.2. The molecule has 4 rings (SSSR count). The van der Waals surface area contributed by atoms with Crippen molar-refractivity contribution in [3.63, 3.8) is 0 Å². The van der Waals surface area contributed by atoms with Crippen LogP contribution in [0.15, 0.2) is 54.6 Å². The third-order valence-electron chi connectivity index (χ3n) is 6.17. The van der Waals surface area contributed by atoms with Crippen LogP contribution in [0.3, 0.4) is 0 Å². The molecule has 0 spiro atoms. The largest absolute Gasteiger partial charge is 0.493 e. The van der Waals surface area contributed by atoms with E-state index in [2.05, 4.69) is 0 Å². The number of hydrogen-bond donors (Lipinski definition) is 0. The Morgan fingerprint density at radius 1 is 0.737 bits per heavy atom. The van der Waals surface area contributed by atoms with Crippen LogP contribution in [-0.4, -0.2) is 6.61 Å². The molecule has 9 heteroatoms. The minimum Gasteiger partial charge on any atom is -0.493 e. The van der Waals surface area contributed by atoms with Gasteiger partial charge in [-0.15, -0.1) is 0 Å². The fraction of sp³-hybridized carbons (Fsp3) is 0.241. The minimum absolute atomic E-state index is 0.0451. The van der Waals surface area contributed by atoms with Crippen LogP contribution < -0.4 is 4.74 Å². The standard InChI is InChI=1S/C29H22F8O/c1-2-3-10-38-20-14-22(30)26(23(31)15-20)19-8-9-21-18(13-19)7-6-17(28(21)34)5-4-16-11-24(32)27(25(33)12-16)29(35,36)37/h6-9,11-15H,2-5,10H2,1H3. The normalized spacial score (nSPS) is 11.8. The summed E-state index contributed by atoms with van der Waals surface area (Å²) in [5.41, 5.74) is -1.96. The molecule has 4 aromatic carbocycles. The molecule has 0 saturated heterocycles. The molecule has 0 N–H and O–H groups in total. The molecule has 4 aromatic rings. The van der Waals surface area contributed by atoms with Crippen molar-refractivity contribution in [2.24, 2.45) is 0 Å². The van der Waals surface area contributed by atoms with Gasteiger partial charge in [-0.25, -0.2) is 22.0 Å². The van der Waals surface area contributed by atoms with Crippen molar-refractivity contribution >= 4 is 10.8 Å². The van der Waals surface area contributed by atoms with Gasteiger partial charge in [0.1, 0.15) is 40.4 Å². The highest BCUT2D eigenvalue weighted by atomic mass is 19.4. The summed E-state index contributed by atoms with van der Waals surface area (Å²) in [5, 5.41) is 0.508. The van der Waals surface area contributed by atoms with E-state index in [9.17, 15) is 30.7 Å². The molecule has 0 aliphatic carbocycles. The maximum Gasteiger partial charge on any atom is 0.422 e. The van der Waals surface area contributed by atoms with E-state index in [0.717, 1.165) is 25.0 Å². The second-order valence-corrected chi connectivity index (χ2v) is 8.87. The number of hydrogen-bond acceptors (Lipinski definition) is 1. The zero-order chi connectivity index (χ0) is 27.6. The van der Waals surface area contributed by atoms with Crippen LogP contribution >= 0.6 is 0 Å². The van der Waals surface area contributed by atoms with Gasteiger partial charge in [0.25, 0.3) is 0 Å². The molecule has 38 heavy (non-hydrogen) atoms. The van der Waals surface area contributed by atoms with Gasteiger partial charge in [-0.05, 0) is 59.5 Å². The van der Waals surface area contributed by atoms with E-state index >= 15 is 4.39 Å². The summed E-state index contributed by atoms with van der Waals surface area (Å²) < 4.78 is 116. The van der Waals surface area contributed by atoms with Gasteiger partial charge in [0.05, 0.1) is 12.2 Å². The number of unbranched alkanes of at least 4 members (excludes halogenated alkanes) is 1. The maximum absolute atomic E-state index is 15.2. The second-order valence-electron chi connectivity index (χ2n) is 8.87. The van der Waals surface area contributed by atoms with Crippen LogP contribution in [0.25, 0.3) is 21.9 Å². The molecule has 0 radical (unpaired) electrons. The highest BCUT2D eigenvalue weighted by Crippen LogP contribution is 2.35. The smallest absolute Gasteiger partial charge is 0.422 e. The van der Waals surface area contributed by atoms with E-state index in [0.29, 0.717) is 24.1 Å². The van der Waals surface area contributed by atoms with E-state index in [-0.39, 0.29) is 46.2 Å². The number of ether oxygens (including phenoxy) is 1. The number of benzene rings is 4. The summed E-state index contributed by atoms with van der Waals surface area (Å²) in [6, 6.07) is 10.5. The van der Waals surface area contributed by atoms with Gasteiger partial charge in [0.15, 0.2) is 0 Å². The Bertz CT molecular complexity index is 1430. The van der Waals surface area contributed by atoms with Crippen molar-refractivity contribution in [1.29, 1.82) is 0 Å². The Balaban J connectivity index is 1.57. The molecule has 0 aliphatic rings. The summed E-state index contributed by atoms with van der Waals surface area (Å²) in [7, 11) is 0. The topological polar surface area (TPSA) is 9.23 Å². The minimum atomic E-state index is -5.17. The Labute approximate surface area is 213 Å². The quantitative estimate of drug-likeness (QED) is 0.161. The van der Waals surface area contributed by atoms with Crippen molar-refractivity contribution in [2.75, 3.05) is 6.61 Å². The fourth-order valence-electron chi connectivity index (χ4n) is 4.25. The number of alkyl halides is 3. The van der Waals surface area contributed by atoms with Crippen LogP contribution in [0.4, 0.5) is 35.1 Å². The van der Waals surface area contributed by atoms with Crippen LogP contribution in [-0.2, 0) is 19.0 Å². The lowest BCUT2D eigenvalue weighted by atomic mass is 9.96. The molecule has 1 nitrogen and oxygen atoms in total. The third kappa shape index (κ3) is 5.76. The Kier molecular flexibility index (Phi) is 7.94. The first-order valence-corrected chi connectivity index (χ1v) is 11.9. The van der Waals surface area contributed by atoms with Gasteiger partial charge in [-0.3, -0.25) is 0 Å². The first-order valence-electron chi connectivity index (χ1n) is 11.9. The van der Waals surface area contributed by atoms with Gasteiger partial charge in [-0.1, -0.05) is 37.6 Å². The lowest BCUT2D eigenvalue weighted by molar-refractivity contribution is -0.142. The highest BCUT2D eigenvalue weighted by molar-refractivity contribution is 5.88. The summed E-state index contributed by atoms with van der Waals surface area (Å²) in [4.78, 5) is 0. The lowest BCUT2D eigenvalue weighted by Crippen LogP contribution is -2.12. The lowest BCUT2D eigenvalue weighted by Gasteiger charge is -2.13. The van der Waals surface area contributed by atoms with Crippen molar-refractivity contribution in [3.8, 4) is 16.9 Å². The Morgan fingerprint density at radius 2 is 1.39 bits per heavy atom. The van der Waals surface area contributed by atoms with Gasteiger partial charge < -0.3 is 4.74 Å². The van der Waals surface area contributed by atoms with E-state index in [4.69, 9.17) is 4.74 Å². The molecule has 0 bridgehead atoms. The van der Waals surface area contributed by atoms with Gasteiger partial charge in [0, 0.05) is 17.5 Å². The van der Waals surface area contributed by atoms with Gasteiger partial charge in [0.2, 0.25) is 0 Å². The molecular formula is C29H22F8O. The first-order chi connectivity index (χ1) is 18.0. The van der Waals surface area contributed by atoms with E-state index in [1.54, 1.807) is 0 Å². The van der Waals surface area contributed by atoms with Crippen molar-refractivity contribution in [3.05, 3.63) is 100 Å². The zero-order valence-corrected chi connectivity index (χ0v) is 20.2. The molecule has 0 heterocycles. The number of aryl methyl sites for hydroxylation is 2. The Morgan fingerprint density at radius 3 is 2.00 bits per heavy atom. The molecule has 0 unspecified atom stereocenters. The summed E-state index contributed by atoms with van der Waals surface area (Å²) in [6.45, 7) is 2.29. The molecule has 0 saturated carbocycles. The van der Waals surface area contributed by atoms with Crippen molar-refractivity contribution in [1.82, 2.24) is 0 Å². The molecule has 0 aliphatic heterocycles. The first kappa shape index (κ1) is 27.4. The van der Waals surface area contributed by atoms with Crippen LogP contribution in [0.5, 0.6) is 5.75 Å². The van der Waals surface area contributed by atoms with Gasteiger partial charge >= 0.3 is 6.18 Å². The van der Waals surface area contributed by atoms with Gasteiger partial charge in [-0.2, -0.15) is 13.2 Å². The van der Waals surface area contributed by atoms with E-state index in [1.807, 2.05) is 6.92 Å². The number of halogens is 8. The van der Waals surface area contributed by atoms with Crippen LogP contribution in [0, 0.1) is 29.1 Å².